The normalized spacial score (nSPS) is 11.2. The highest BCUT2D eigenvalue weighted by atomic mass is 19.4. The van der Waals surface area contributed by atoms with E-state index in [1.807, 2.05) is 0 Å². The van der Waals surface area contributed by atoms with Gasteiger partial charge in [0.1, 0.15) is 5.69 Å². The summed E-state index contributed by atoms with van der Waals surface area (Å²) in [5, 5.41) is 0. The van der Waals surface area contributed by atoms with Crippen molar-refractivity contribution in [1.82, 2.24) is 4.98 Å². The molecule has 20 heavy (non-hydrogen) atoms. The smallest absolute Gasteiger partial charge is 0.433 e. The number of benzene rings is 1. The molecule has 1 aromatic carbocycles. The van der Waals surface area contributed by atoms with Crippen LogP contribution in [0.2, 0.25) is 0 Å². The van der Waals surface area contributed by atoms with E-state index >= 15 is 0 Å². The molecule has 7 heteroatoms. The summed E-state index contributed by atoms with van der Waals surface area (Å²) in [5.41, 5.74) is 5.00. The molecular weight excluding hydrogens is 273 g/mol. The van der Waals surface area contributed by atoms with E-state index in [9.17, 15) is 13.2 Å². The van der Waals surface area contributed by atoms with Gasteiger partial charge in [0.05, 0.1) is 7.11 Å². The van der Waals surface area contributed by atoms with Gasteiger partial charge in [0.15, 0.2) is 11.5 Å². The van der Waals surface area contributed by atoms with Crippen LogP contribution in [0.5, 0.6) is 17.4 Å². The summed E-state index contributed by atoms with van der Waals surface area (Å²) in [6.45, 7) is 0. The molecule has 0 saturated carbocycles. The molecular formula is C13H11F3N2O2. The van der Waals surface area contributed by atoms with Gasteiger partial charge >= 0.3 is 6.18 Å². The van der Waals surface area contributed by atoms with E-state index < -0.39 is 11.9 Å². The Balaban J connectivity index is 2.31. The largest absolute Gasteiger partial charge is 0.493 e. The van der Waals surface area contributed by atoms with E-state index in [-0.39, 0.29) is 11.6 Å². The molecule has 106 valence electrons. The Bertz CT molecular complexity index is 615. The summed E-state index contributed by atoms with van der Waals surface area (Å²) < 4.78 is 48.0. The van der Waals surface area contributed by atoms with Gasteiger partial charge in [-0.15, -0.1) is 0 Å². The molecule has 0 fully saturated rings. The van der Waals surface area contributed by atoms with Crippen molar-refractivity contribution < 1.29 is 22.6 Å². The molecule has 0 aliphatic carbocycles. The summed E-state index contributed by atoms with van der Waals surface area (Å²) in [6, 6.07) is 7.96. The van der Waals surface area contributed by atoms with Crippen LogP contribution in [0.4, 0.5) is 18.9 Å². The first-order valence-corrected chi connectivity index (χ1v) is 5.56. The molecule has 1 heterocycles. The number of ether oxygens (including phenoxy) is 2. The molecule has 0 unspecified atom stereocenters. The Hall–Kier alpha value is -2.44. The average molecular weight is 284 g/mol. The highest BCUT2D eigenvalue weighted by Gasteiger charge is 2.32. The molecule has 4 nitrogen and oxygen atoms in total. The number of anilines is 1. The number of nitrogens with two attached hydrogens (primary N) is 1. The van der Waals surface area contributed by atoms with Crippen LogP contribution in [0.25, 0.3) is 0 Å². The van der Waals surface area contributed by atoms with Gasteiger partial charge in [0.2, 0.25) is 5.88 Å². The molecule has 0 spiro atoms. The van der Waals surface area contributed by atoms with E-state index in [0.717, 1.165) is 6.07 Å². The van der Waals surface area contributed by atoms with Gasteiger partial charge in [-0.05, 0) is 18.2 Å². The van der Waals surface area contributed by atoms with Gasteiger partial charge in [-0.25, -0.2) is 4.98 Å². The molecule has 0 radical (unpaired) electrons. The van der Waals surface area contributed by atoms with Crippen LogP contribution in [-0.4, -0.2) is 12.1 Å². The molecule has 2 aromatic rings. The number of halogens is 3. The minimum atomic E-state index is -4.52. The third kappa shape index (κ3) is 3.11. The second-order valence-electron chi connectivity index (χ2n) is 3.87. The molecule has 0 aliphatic rings. The lowest BCUT2D eigenvalue weighted by Crippen LogP contribution is -2.08. The number of hydrogen-bond donors (Lipinski definition) is 1. The molecule has 0 saturated heterocycles. The van der Waals surface area contributed by atoms with Gasteiger partial charge < -0.3 is 15.2 Å². The topological polar surface area (TPSA) is 57.4 Å². The van der Waals surface area contributed by atoms with Crippen LogP contribution >= 0.6 is 0 Å². The Morgan fingerprint density at radius 3 is 2.50 bits per heavy atom. The second-order valence-corrected chi connectivity index (χ2v) is 3.87. The summed E-state index contributed by atoms with van der Waals surface area (Å²) in [7, 11) is 1.40. The van der Waals surface area contributed by atoms with Crippen molar-refractivity contribution in [2.24, 2.45) is 0 Å². The summed E-state index contributed by atoms with van der Waals surface area (Å²) in [4.78, 5) is 3.40. The molecule has 2 N–H and O–H groups in total. The monoisotopic (exact) mass is 284 g/mol. The van der Waals surface area contributed by atoms with E-state index in [1.54, 1.807) is 6.07 Å². The number of aromatic nitrogens is 1. The Kier molecular flexibility index (Phi) is 3.69. The van der Waals surface area contributed by atoms with Crippen molar-refractivity contribution in [3.63, 3.8) is 0 Å². The summed E-state index contributed by atoms with van der Waals surface area (Å²) in [6.07, 6.45) is -4.52. The van der Waals surface area contributed by atoms with Crippen molar-refractivity contribution >= 4 is 5.69 Å². The third-order valence-electron chi connectivity index (χ3n) is 2.42. The van der Waals surface area contributed by atoms with Crippen LogP contribution < -0.4 is 15.2 Å². The fourth-order valence-electron chi connectivity index (χ4n) is 1.51. The Labute approximate surface area is 113 Å². The van der Waals surface area contributed by atoms with Crippen molar-refractivity contribution in [1.29, 1.82) is 0 Å². The van der Waals surface area contributed by atoms with Crippen LogP contribution in [0.3, 0.4) is 0 Å². The van der Waals surface area contributed by atoms with Gasteiger partial charge in [0, 0.05) is 17.8 Å². The molecule has 0 amide bonds. The predicted molar refractivity (Wildman–Crippen MR) is 66.7 cm³/mol. The summed E-state index contributed by atoms with van der Waals surface area (Å²) >= 11 is 0. The fourth-order valence-corrected chi connectivity index (χ4v) is 1.51. The Morgan fingerprint density at radius 2 is 1.85 bits per heavy atom. The summed E-state index contributed by atoms with van der Waals surface area (Å²) in [5.74, 6) is 0.362. The molecule has 2 rings (SSSR count). The molecule has 1 aromatic heterocycles. The first-order valence-electron chi connectivity index (χ1n) is 5.56. The van der Waals surface area contributed by atoms with Crippen molar-refractivity contribution in [3.05, 3.63) is 42.1 Å². The third-order valence-corrected chi connectivity index (χ3v) is 2.42. The van der Waals surface area contributed by atoms with Crippen molar-refractivity contribution in [2.45, 2.75) is 6.18 Å². The van der Waals surface area contributed by atoms with Crippen LogP contribution in [0.15, 0.2) is 36.4 Å². The fraction of sp³-hybridized carbons (Fsp3) is 0.154. The number of methoxy groups -OCH3 is 1. The van der Waals surface area contributed by atoms with Crippen LogP contribution in [0, 0.1) is 0 Å². The molecule has 0 bridgehead atoms. The van der Waals surface area contributed by atoms with E-state index in [0.29, 0.717) is 11.4 Å². The highest BCUT2D eigenvalue weighted by Crippen LogP contribution is 2.34. The maximum Gasteiger partial charge on any atom is 0.433 e. The standard InChI is InChI=1S/C13H11F3N2O2/c1-19-10-7-8(17)5-6-9(10)20-12-4-2-3-11(18-12)13(14,15)16/h2-7H,17H2,1H3. The maximum absolute atomic E-state index is 12.5. The quantitative estimate of drug-likeness (QED) is 0.877. The maximum atomic E-state index is 12.5. The minimum Gasteiger partial charge on any atom is -0.493 e. The zero-order valence-corrected chi connectivity index (χ0v) is 10.4. The van der Waals surface area contributed by atoms with E-state index in [1.165, 1.54) is 31.4 Å². The highest BCUT2D eigenvalue weighted by molar-refractivity contribution is 5.52. The minimum absolute atomic E-state index is 0.178. The predicted octanol–water partition coefficient (Wildman–Crippen LogP) is 3.48. The number of nitrogens with zero attached hydrogens (tertiary/aromatic N) is 1. The lowest BCUT2D eigenvalue weighted by Gasteiger charge is -2.11. The van der Waals surface area contributed by atoms with Gasteiger partial charge in [-0.1, -0.05) is 6.07 Å². The van der Waals surface area contributed by atoms with Crippen LogP contribution in [-0.2, 0) is 6.18 Å². The van der Waals surface area contributed by atoms with Crippen LogP contribution in [0.1, 0.15) is 5.69 Å². The van der Waals surface area contributed by atoms with Crippen molar-refractivity contribution in [3.8, 4) is 17.4 Å². The van der Waals surface area contributed by atoms with Gasteiger partial charge in [0.25, 0.3) is 0 Å². The first kappa shape index (κ1) is 14.0. The lowest BCUT2D eigenvalue weighted by molar-refractivity contribution is -0.141. The zero-order chi connectivity index (χ0) is 14.8. The SMILES string of the molecule is COc1cc(N)ccc1Oc1cccc(C(F)(F)F)n1. The molecule has 0 aliphatic heterocycles. The number of hydrogen-bond acceptors (Lipinski definition) is 4. The Morgan fingerprint density at radius 1 is 1.10 bits per heavy atom. The number of pyridine rings is 1. The first-order chi connectivity index (χ1) is 9.40. The van der Waals surface area contributed by atoms with Gasteiger partial charge in [-0.3, -0.25) is 0 Å². The lowest BCUT2D eigenvalue weighted by atomic mass is 10.3. The van der Waals surface area contributed by atoms with E-state index in [2.05, 4.69) is 4.98 Å². The number of nitrogen functional groups attached to an aromatic ring is 1. The second kappa shape index (κ2) is 5.28. The average Bonchev–Trinajstić information content (AvgIpc) is 2.40. The number of alkyl halides is 3. The van der Waals surface area contributed by atoms with E-state index in [4.69, 9.17) is 15.2 Å². The van der Waals surface area contributed by atoms with Crippen molar-refractivity contribution in [2.75, 3.05) is 12.8 Å². The molecule has 0 atom stereocenters. The van der Waals surface area contributed by atoms with Gasteiger partial charge in [-0.2, -0.15) is 13.2 Å². The zero-order valence-electron chi connectivity index (χ0n) is 10.4. The number of rotatable bonds is 3.